The van der Waals surface area contributed by atoms with E-state index in [9.17, 15) is 23.2 Å². The minimum Gasteiger partial charge on any atom is -0.350 e. The molecule has 0 bridgehead atoms. The number of nitrogens with zero attached hydrogens (tertiary/aromatic N) is 1. The predicted octanol–water partition coefficient (Wildman–Crippen LogP) is 3.11. The molecule has 0 unspecified atom stereocenters. The molecule has 2 rings (SSSR count). The summed E-state index contributed by atoms with van der Waals surface area (Å²) in [5.41, 5.74) is 5.07. The molecule has 0 saturated heterocycles. The molecule has 110 valence electrons. The van der Waals surface area contributed by atoms with E-state index < -0.39 is 17.8 Å². The zero-order valence-electron chi connectivity index (χ0n) is 10.6. The highest BCUT2D eigenvalue weighted by Crippen LogP contribution is 2.37. The molecule has 1 aliphatic rings. The van der Waals surface area contributed by atoms with E-state index in [1.54, 1.807) is 0 Å². The summed E-state index contributed by atoms with van der Waals surface area (Å²) in [5.74, 6) is 0.0243. The number of hydrogen-bond donors (Lipinski definition) is 2. The molecule has 1 saturated carbocycles. The van der Waals surface area contributed by atoms with E-state index in [-0.39, 0.29) is 12.0 Å². The highest BCUT2D eigenvalue weighted by molar-refractivity contribution is 5.70. The Morgan fingerprint density at radius 1 is 1.25 bits per heavy atom. The van der Waals surface area contributed by atoms with Crippen molar-refractivity contribution in [3.05, 3.63) is 35.4 Å². The van der Waals surface area contributed by atoms with Gasteiger partial charge in [0.15, 0.2) is 0 Å². The summed E-state index contributed by atoms with van der Waals surface area (Å²) in [5, 5.41) is 9.96. The van der Waals surface area contributed by atoms with E-state index in [4.69, 9.17) is 5.73 Å². The van der Waals surface area contributed by atoms with Crippen molar-refractivity contribution in [1.82, 2.24) is 5.06 Å². The number of halogens is 3. The van der Waals surface area contributed by atoms with Crippen molar-refractivity contribution < 1.29 is 23.2 Å². The van der Waals surface area contributed by atoms with Gasteiger partial charge in [-0.3, -0.25) is 5.21 Å². The molecule has 1 aromatic rings. The van der Waals surface area contributed by atoms with Crippen LogP contribution in [0, 0.1) is 0 Å². The standard InChI is InChI=1S/C13H15F3N2O2/c14-13(15,16)10-4-1-8(2-5-10)9-3-6-11(7-9)18(20)12(17)19/h1-2,4-5,9,11,20H,3,6-7H2,(H2,17,19)/t9-,11-/m1/s1. The van der Waals surface area contributed by atoms with Crippen LogP contribution in [-0.2, 0) is 6.18 Å². The molecular weight excluding hydrogens is 273 g/mol. The van der Waals surface area contributed by atoms with Crippen LogP contribution >= 0.6 is 0 Å². The lowest BCUT2D eigenvalue weighted by molar-refractivity contribution is -0.137. The van der Waals surface area contributed by atoms with Gasteiger partial charge in [-0.15, -0.1) is 0 Å². The fourth-order valence-corrected chi connectivity index (χ4v) is 2.61. The van der Waals surface area contributed by atoms with Gasteiger partial charge in [0.1, 0.15) is 0 Å². The maximum Gasteiger partial charge on any atom is 0.416 e. The van der Waals surface area contributed by atoms with Gasteiger partial charge in [-0.05, 0) is 42.9 Å². The van der Waals surface area contributed by atoms with Gasteiger partial charge in [0.2, 0.25) is 0 Å². The van der Waals surface area contributed by atoms with Gasteiger partial charge < -0.3 is 5.73 Å². The fraction of sp³-hybridized carbons (Fsp3) is 0.462. The van der Waals surface area contributed by atoms with Gasteiger partial charge in [-0.2, -0.15) is 13.2 Å². The lowest BCUT2D eigenvalue weighted by Gasteiger charge is -2.20. The normalized spacial score (nSPS) is 22.8. The van der Waals surface area contributed by atoms with Gasteiger partial charge in [0.05, 0.1) is 11.6 Å². The first-order chi connectivity index (χ1) is 9.29. The molecule has 3 N–H and O–H groups in total. The number of alkyl halides is 3. The van der Waals surface area contributed by atoms with Crippen LogP contribution in [0.3, 0.4) is 0 Å². The number of urea groups is 1. The number of rotatable bonds is 2. The zero-order valence-corrected chi connectivity index (χ0v) is 10.6. The fourth-order valence-electron chi connectivity index (χ4n) is 2.61. The Bertz CT molecular complexity index is 487. The van der Waals surface area contributed by atoms with Gasteiger partial charge in [-0.25, -0.2) is 9.86 Å². The van der Waals surface area contributed by atoms with Crippen molar-refractivity contribution >= 4 is 6.03 Å². The summed E-state index contributed by atoms with van der Waals surface area (Å²) in [6.07, 6.45) is -2.58. The van der Waals surface area contributed by atoms with Crippen molar-refractivity contribution in [3.8, 4) is 0 Å². The molecule has 0 aliphatic heterocycles. The molecule has 20 heavy (non-hydrogen) atoms. The molecule has 2 atom stereocenters. The second-order valence-electron chi connectivity index (χ2n) is 4.97. The van der Waals surface area contributed by atoms with E-state index >= 15 is 0 Å². The molecule has 0 heterocycles. The summed E-state index contributed by atoms with van der Waals surface area (Å²) >= 11 is 0. The second-order valence-corrected chi connectivity index (χ2v) is 4.97. The molecule has 1 aliphatic carbocycles. The highest BCUT2D eigenvalue weighted by atomic mass is 19.4. The van der Waals surface area contributed by atoms with Crippen LogP contribution in [0.1, 0.15) is 36.3 Å². The Balaban J connectivity index is 2.05. The summed E-state index contributed by atoms with van der Waals surface area (Å²) in [7, 11) is 0. The van der Waals surface area contributed by atoms with Gasteiger partial charge in [-0.1, -0.05) is 12.1 Å². The lowest BCUT2D eigenvalue weighted by Crippen LogP contribution is -2.39. The number of nitrogens with two attached hydrogens (primary N) is 1. The third kappa shape index (κ3) is 3.04. The smallest absolute Gasteiger partial charge is 0.350 e. The summed E-state index contributed by atoms with van der Waals surface area (Å²) in [6.45, 7) is 0. The molecule has 2 amide bonds. The van der Waals surface area contributed by atoms with Crippen LogP contribution in [0.4, 0.5) is 18.0 Å². The Morgan fingerprint density at radius 2 is 1.85 bits per heavy atom. The van der Waals surface area contributed by atoms with Crippen LogP contribution in [0.5, 0.6) is 0 Å². The molecule has 4 nitrogen and oxygen atoms in total. The van der Waals surface area contributed by atoms with Crippen LogP contribution in [-0.4, -0.2) is 22.3 Å². The van der Waals surface area contributed by atoms with Gasteiger partial charge in [0, 0.05) is 0 Å². The number of primary amides is 1. The lowest BCUT2D eigenvalue weighted by atomic mass is 9.96. The van der Waals surface area contributed by atoms with E-state index in [2.05, 4.69) is 0 Å². The SMILES string of the molecule is NC(=O)N(O)[C@@H]1CC[C@@H](c2ccc(C(F)(F)F)cc2)C1. The Labute approximate surface area is 113 Å². The van der Waals surface area contributed by atoms with Crippen LogP contribution in [0.15, 0.2) is 24.3 Å². The van der Waals surface area contributed by atoms with Crippen LogP contribution < -0.4 is 5.73 Å². The quantitative estimate of drug-likeness (QED) is 0.648. The zero-order chi connectivity index (χ0) is 14.9. The Hall–Kier alpha value is -1.76. The van der Waals surface area contributed by atoms with Gasteiger partial charge in [0.25, 0.3) is 0 Å². The van der Waals surface area contributed by atoms with E-state index in [0.29, 0.717) is 24.3 Å². The molecule has 0 radical (unpaired) electrons. The molecular formula is C13H15F3N2O2. The highest BCUT2D eigenvalue weighted by Gasteiger charge is 2.33. The summed E-state index contributed by atoms with van der Waals surface area (Å²) < 4.78 is 37.4. The number of hydroxylamine groups is 2. The van der Waals surface area contributed by atoms with Crippen molar-refractivity contribution in [2.24, 2.45) is 5.73 Å². The average Bonchev–Trinajstić information content (AvgIpc) is 2.86. The van der Waals surface area contributed by atoms with Crippen LogP contribution in [0.25, 0.3) is 0 Å². The summed E-state index contributed by atoms with van der Waals surface area (Å²) in [4.78, 5) is 10.9. The number of benzene rings is 1. The Kier molecular flexibility index (Phi) is 3.89. The average molecular weight is 288 g/mol. The number of amides is 2. The van der Waals surface area contributed by atoms with Crippen molar-refractivity contribution in [2.45, 2.75) is 37.4 Å². The molecule has 1 aromatic carbocycles. The maximum atomic E-state index is 12.5. The molecule has 0 spiro atoms. The van der Waals surface area contributed by atoms with E-state index in [0.717, 1.165) is 17.7 Å². The molecule has 0 aromatic heterocycles. The minimum atomic E-state index is -4.34. The Morgan fingerprint density at radius 3 is 2.35 bits per heavy atom. The number of carbonyl (C=O) groups is 1. The topological polar surface area (TPSA) is 66.6 Å². The van der Waals surface area contributed by atoms with Crippen molar-refractivity contribution in [1.29, 1.82) is 0 Å². The second kappa shape index (κ2) is 5.32. The minimum absolute atomic E-state index is 0.0243. The van der Waals surface area contributed by atoms with Crippen molar-refractivity contribution in [3.63, 3.8) is 0 Å². The maximum absolute atomic E-state index is 12.5. The third-order valence-electron chi connectivity index (χ3n) is 3.69. The first kappa shape index (κ1) is 14.6. The van der Waals surface area contributed by atoms with E-state index in [1.165, 1.54) is 12.1 Å². The summed E-state index contributed by atoms with van der Waals surface area (Å²) in [6, 6.07) is 3.70. The number of hydrogen-bond acceptors (Lipinski definition) is 2. The predicted molar refractivity (Wildman–Crippen MR) is 65.0 cm³/mol. The first-order valence-corrected chi connectivity index (χ1v) is 6.23. The van der Waals surface area contributed by atoms with Crippen molar-refractivity contribution in [2.75, 3.05) is 0 Å². The number of carbonyl (C=O) groups excluding carboxylic acids is 1. The third-order valence-corrected chi connectivity index (χ3v) is 3.69. The first-order valence-electron chi connectivity index (χ1n) is 6.23. The van der Waals surface area contributed by atoms with E-state index in [1.807, 2.05) is 0 Å². The van der Waals surface area contributed by atoms with Crippen LogP contribution in [0.2, 0.25) is 0 Å². The molecule has 7 heteroatoms. The van der Waals surface area contributed by atoms with Gasteiger partial charge >= 0.3 is 12.2 Å². The largest absolute Gasteiger partial charge is 0.416 e. The molecule has 1 fully saturated rings. The monoisotopic (exact) mass is 288 g/mol.